The van der Waals surface area contributed by atoms with E-state index in [9.17, 15) is 0 Å². The van der Waals surface area contributed by atoms with Crippen LogP contribution in [0.3, 0.4) is 0 Å². The topological polar surface area (TPSA) is 12.0 Å². The largest absolute Gasteiger partial charge is 0.309 e. The Bertz CT molecular complexity index is 406. The average molecular weight is 231 g/mol. The molecule has 1 aromatic rings. The number of hydrogen-bond acceptors (Lipinski definition) is 1. The third-order valence-electron chi connectivity index (χ3n) is 3.81. The third kappa shape index (κ3) is 2.55. The Balaban J connectivity index is 2.43. The summed E-state index contributed by atoms with van der Waals surface area (Å²) in [5, 5.41) is 3.71. The lowest BCUT2D eigenvalue weighted by molar-refractivity contribution is 0.395. The van der Waals surface area contributed by atoms with Gasteiger partial charge in [-0.15, -0.1) is 0 Å². The van der Waals surface area contributed by atoms with E-state index < -0.39 is 0 Å². The lowest BCUT2D eigenvalue weighted by Gasteiger charge is -2.33. The van der Waals surface area contributed by atoms with Gasteiger partial charge in [0.05, 0.1) is 0 Å². The molecule has 0 aromatic heterocycles. The number of rotatable bonds is 2. The van der Waals surface area contributed by atoms with Gasteiger partial charge in [0.25, 0.3) is 0 Å². The standard InChI is InChI=1S/C16H25N/c1-10(2)6-15-14-8-11(3)7-12(4)16(14)13(5)9-17-15/h7-8,10,13,15,17H,6,9H2,1-5H3. The zero-order valence-electron chi connectivity index (χ0n) is 11.8. The summed E-state index contributed by atoms with van der Waals surface area (Å²) in [7, 11) is 0. The lowest BCUT2D eigenvalue weighted by atomic mass is 9.81. The second-order valence-corrected chi connectivity index (χ2v) is 6.08. The highest BCUT2D eigenvalue weighted by atomic mass is 14.9. The summed E-state index contributed by atoms with van der Waals surface area (Å²) in [4.78, 5) is 0. The molecule has 2 rings (SSSR count). The van der Waals surface area contributed by atoms with Crippen molar-refractivity contribution in [3.63, 3.8) is 0 Å². The van der Waals surface area contributed by atoms with Crippen molar-refractivity contribution in [3.05, 3.63) is 34.4 Å². The van der Waals surface area contributed by atoms with Crippen LogP contribution in [0.15, 0.2) is 12.1 Å². The van der Waals surface area contributed by atoms with Gasteiger partial charge in [0.2, 0.25) is 0 Å². The van der Waals surface area contributed by atoms with E-state index in [1.54, 1.807) is 11.1 Å². The van der Waals surface area contributed by atoms with Crippen LogP contribution < -0.4 is 5.32 Å². The molecule has 0 saturated heterocycles. The molecule has 0 bridgehead atoms. The van der Waals surface area contributed by atoms with Crippen LogP contribution in [0.1, 0.15) is 61.4 Å². The molecule has 1 heterocycles. The molecule has 0 radical (unpaired) electrons. The first-order valence-corrected chi connectivity index (χ1v) is 6.83. The highest BCUT2D eigenvalue weighted by molar-refractivity contribution is 5.43. The second kappa shape index (κ2) is 4.81. The minimum atomic E-state index is 0.555. The van der Waals surface area contributed by atoms with E-state index in [4.69, 9.17) is 0 Å². The van der Waals surface area contributed by atoms with Crippen molar-refractivity contribution in [2.45, 2.75) is 53.0 Å². The van der Waals surface area contributed by atoms with E-state index in [2.05, 4.69) is 52.1 Å². The quantitative estimate of drug-likeness (QED) is 0.808. The molecule has 1 aliphatic rings. The maximum absolute atomic E-state index is 3.71. The van der Waals surface area contributed by atoms with Crippen LogP contribution >= 0.6 is 0 Å². The fourth-order valence-electron chi connectivity index (χ4n) is 3.19. The minimum absolute atomic E-state index is 0.555. The van der Waals surface area contributed by atoms with Gasteiger partial charge in [0.1, 0.15) is 0 Å². The van der Waals surface area contributed by atoms with Gasteiger partial charge in [-0.05, 0) is 48.8 Å². The summed E-state index contributed by atoms with van der Waals surface area (Å²) in [5.41, 5.74) is 6.02. The fourth-order valence-corrected chi connectivity index (χ4v) is 3.19. The Kier molecular flexibility index (Phi) is 3.58. The van der Waals surface area contributed by atoms with E-state index in [1.807, 2.05) is 0 Å². The molecule has 1 aromatic carbocycles. The molecule has 2 atom stereocenters. The molecule has 1 N–H and O–H groups in total. The highest BCUT2D eigenvalue weighted by Gasteiger charge is 2.26. The molecule has 17 heavy (non-hydrogen) atoms. The molecule has 0 saturated carbocycles. The zero-order valence-corrected chi connectivity index (χ0v) is 11.8. The van der Waals surface area contributed by atoms with Gasteiger partial charge < -0.3 is 5.32 Å². The third-order valence-corrected chi connectivity index (χ3v) is 3.81. The first-order valence-electron chi connectivity index (χ1n) is 6.83. The fraction of sp³-hybridized carbons (Fsp3) is 0.625. The monoisotopic (exact) mass is 231 g/mol. The van der Waals surface area contributed by atoms with Gasteiger partial charge in [-0.25, -0.2) is 0 Å². The first kappa shape index (κ1) is 12.6. The SMILES string of the molecule is Cc1cc(C)c2c(c1)C(CC(C)C)NCC2C. The molecular formula is C16H25N. The predicted molar refractivity (Wildman–Crippen MR) is 74.5 cm³/mol. The summed E-state index contributed by atoms with van der Waals surface area (Å²) >= 11 is 0. The maximum Gasteiger partial charge on any atom is 0.0325 e. The van der Waals surface area contributed by atoms with Crippen LogP contribution in [-0.4, -0.2) is 6.54 Å². The van der Waals surface area contributed by atoms with Gasteiger partial charge in [-0.2, -0.15) is 0 Å². The van der Waals surface area contributed by atoms with Crippen molar-refractivity contribution in [3.8, 4) is 0 Å². The van der Waals surface area contributed by atoms with Gasteiger partial charge in [-0.1, -0.05) is 38.5 Å². The van der Waals surface area contributed by atoms with Crippen LogP contribution in [-0.2, 0) is 0 Å². The van der Waals surface area contributed by atoms with Crippen molar-refractivity contribution >= 4 is 0 Å². The Labute approximate surface area is 106 Å². The Morgan fingerprint density at radius 1 is 1.29 bits per heavy atom. The molecule has 1 nitrogen and oxygen atoms in total. The van der Waals surface area contributed by atoms with E-state index in [1.165, 1.54) is 17.5 Å². The number of hydrogen-bond donors (Lipinski definition) is 1. The van der Waals surface area contributed by atoms with Crippen LogP contribution in [0.25, 0.3) is 0 Å². The normalized spacial score (nSPS) is 23.9. The smallest absolute Gasteiger partial charge is 0.0325 e. The number of benzene rings is 1. The summed E-state index contributed by atoms with van der Waals surface area (Å²) in [6, 6.07) is 5.27. The Morgan fingerprint density at radius 2 is 2.00 bits per heavy atom. The molecule has 0 fully saturated rings. The summed E-state index contributed by atoms with van der Waals surface area (Å²) in [6.07, 6.45) is 1.24. The molecule has 0 spiro atoms. The van der Waals surface area contributed by atoms with Gasteiger partial charge in [-0.3, -0.25) is 0 Å². The second-order valence-electron chi connectivity index (χ2n) is 6.08. The minimum Gasteiger partial charge on any atom is -0.309 e. The summed E-state index contributed by atoms with van der Waals surface area (Å²) in [5.74, 6) is 1.39. The van der Waals surface area contributed by atoms with E-state index in [-0.39, 0.29) is 0 Å². The molecule has 1 heteroatoms. The van der Waals surface area contributed by atoms with Gasteiger partial charge in [0.15, 0.2) is 0 Å². The maximum atomic E-state index is 3.71. The Morgan fingerprint density at radius 3 is 2.65 bits per heavy atom. The van der Waals surface area contributed by atoms with Crippen molar-refractivity contribution in [2.24, 2.45) is 5.92 Å². The van der Waals surface area contributed by atoms with Crippen LogP contribution in [0, 0.1) is 19.8 Å². The van der Waals surface area contributed by atoms with E-state index >= 15 is 0 Å². The van der Waals surface area contributed by atoms with E-state index in [0.29, 0.717) is 12.0 Å². The van der Waals surface area contributed by atoms with E-state index in [0.717, 1.165) is 12.5 Å². The zero-order chi connectivity index (χ0) is 12.6. The molecule has 0 aliphatic carbocycles. The van der Waals surface area contributed by atoms with Crippen molar-refractivity contribution < 1.29 is 0 Å². The van der Waals surface area contributed by atoms with Crippen LogP contribution in [0.2, 0.25) is 0 Å². The number of nitrogens with one attached hydrogen (secondary N) is 1. The van der Waals surface area contributed by atoms with Crippen molar-refractivity contribution in [1.29, 1.82) is 0 Å². The van der Waals surface area contributed by atoms with Gasteiger partial charge >= 0.3 is 0 Å². The molecule has 0 amide bonds. The lowest BCUT2D eigenvalue weighted by Crippen LogP contribution is -2.33. The predicted octanol–water partition coefficient (Wildman–Crippen LogP) is 4.10. The van der Waals surface area contributed by atoms with Crippen LogP contribution in [0.4, 0.5) is 0 Å². The van der Waals surface area contributed by atoms with Gasteiger partial charge in [0, 0.05) is 12.6 Å². The molecular weight excluding hydrogens is 206 g/mol. The molecule has 94 valence electrons. The summed E-state index contributed by atoms with van der Waals surface area (Å²) < 4.78 is 0. The average Bonchev–Trinajstić information content (AvgIpc) is 2.20. The Hall–Kier alpha value is -0.820. The van der Waals surface area contributed by atoms with Crippen LogP contribution in [0.5, 0.6) is 0 Å². The highest BCUT2D eigenvalue weighted by Crippen LogP contribution is 2.35. The van der Waals surface area contributed by atoms with Crippen molar-refractivity contribution in [1.82, 2.24) is 5.32 Å². The number of aryl methyl sites for hydroxylation is 2. The summed E-state index contributed by atoms with van der Waals surface area (Å²) in [6.45, 7) is 12.5. The molecule has 1 aliphatic heterocycles. The number of fused-ring (bicyclic) bond motifs is 1. The molecule has 2 unspecified atom stereocenters. The first-order chi connectivity index (χ1) is 7.99. The van der Waals surface area contributed by atoms with Crippen molar-refractivity contribution in [2.75, 3.05) is 6.54 Å².